The Hall–Kier alpha value is -1.35. The summed E-state index contributed by atoms with van der Waals surface area (Å²) in [7, 11) is 0. The molecule has 1 amide bonds. The van der Waals surface area contributed by atoms with Crippen molar-refractivity contribution in [1.29, 1.82) is 0 Å². The molecular weight excluding hydrogens is 212 g/mol. The Balaban J connectivity index is 2.82. The maximum atomic E-state index is 11.8. The van der Waals surface area contributed by atoms with Gasteiger partial charge in [0.05, 0.1) is 0 Å². The average Bonchev–Trinajstić information content (AvgIpc) is 2.11. The molecule has 0 saturated heterocycles. The van der Waals surface area contributed by atoms with E-state index >= 15 is 0 Å². The van der Waals surface area contributed by atoms with Gasteiger partial charge >= 0.3 is 0 Å². The van der Waals surface area contributed by atoms with E-state index in [1.165, 1.54) is 11.1 Å². The van der Waals surface area contributed by atoms with Crippen molar-refractivity contribution in [3.8, 4) is 0 Å². The predicted molar refractivity (Wildman–Crippen MR) is 72.2 cm³/mol. The van der Waals surface area contributed by atoms with Gasteiger partial charge in [0, 0.05) is 17.6 Å². The Morgan fingerprint density at radius 3 is 2.24 bits per heavy atom. The van der Waals surface area contributed by atoms with E-state index in [0.29, 0.717) is 6.42 Å². The number of hydrogen-bond donors (Lipinski definition) is 2. The number of rotatable bonds is 3. The second-order valence-corrected chi connectivity index (χ2v) is 5.46. The fourth-order valence-electron chi connectivity index (χ4n) is 1.70. The van der Waals surface area contributed by atoms with Crippen molar-refractivity contribution in [2.45, 2.75) is 46.6 Å². The Kier molecular flexibility index (Phi) is 3.94. The predicted octanol–water partition coefficient (Wildman–Crippen LogP) is 2.68. The number of benzene rings is 1. The molecule has 0 unspecified atom stereocenters. The summed E-state index contributed by atoms with van der Waals surface area (Å²) in [6.45, 7) is 9.80. The largest absolute Gasteiger partial charge is 0.326 e. The molecule has 0 aliphatic carbocycles. The summed E-state index contributed by atoms with van der Waals surface area (Å²) in [5.74, 6) is -0.0381. The third kappa shape index (κ3) is 4.19. The maximum absolute atomic E-state index is 11.8. The van der Waals surface area contributed by atoms with Crippen LogP contribution in [0, 0.1) is 20.8 Å². The van der Waals surface area contributed by atoms with Crippen LogP contribution in [0.2, 0.25) is 0 Å². The molecule has 0 spiro atoms. The minimum Gasteiger partial charge on any atom is -0.326 e. The average molecular weight is 234 g/mol. The van der Waals surface area contributed by atoms with E-state index in [1.54, 1.807) is 0 Å². The minimum absolute atomic E-state index is 0.0381. The van der Waals surface area contributed by atoms with Gasteiger partial charge in [-0.1, -0.05) is 6.07 Å². The third-order valence-corrected chi connectivity index (χ3v) is 2.73. The summed E-state index contributed by atoms with van der Waals surface area (Å²) in [6, 6.07) is 4.09. The van der Waals surface area contributed by atoms with E-state index < -0.39 is 5.54 Å². The van der Waals surface area contributed by atoms with Gasteiger partial charge in [0.25, 0.3) is 0 Å². The highest BCUT2D eigenvalue weighted by atomic mass is 16.1. The van der Waals surface area contributed by atoms with Crippen LogP contribution in [0.1, 0.15) is 37.0 Å². The van der Waals surface area contributed by atoms with Gasteiger partial charge in [-0.2, -0.15) is 0 Å². The number of aryl methyl sites for hydroxylation is 3. The monoisotopic (exact) mass is 234 g/mol. The highest BCUT2D eigenvalue weighted by Gasteiger charge is 2.16. The van der Waals surface area contributed by atoms with E-state index in [9.17, 15) is 4.79 Å². The second-order valence-electron chi connectivity index (χ2n) is 5.46. The van der Waals surface area contributed by atoms with Crippen molar-refractivity contribution in [2.75, 3.05) is 5.32 Å². The zero-order valence-corrected chi connectivity index (χ0v) is 11.3. The first-order chi connectivity index (χ1) is 7.69. The smallest absolute Gasteiger partial charge is 0.226 e. The number of nitrogens with one attached hydrogen (secondary N) is 1. The normalized spacial score (nSPS) is 11.4. The lowest BCUT2D eigenvalue weighted by molar-refractivity contribution is -0.117. The fourth-order valence-corrected chi connectivity index (χ4v) is 1.70. The number of anilines is 1. The molecule has 3 N–H and O–H groups in total. The Bertz CT molecular complexity index is 431. The van der Waals surface area contributed by atoms with Crippen LogP contribution in [0.4, 0.5) is 5.69 Å². The SMILES string of the molecule is Cc1cc(C)c(NC(=O)CC(C)(C)N)cc1C. The number of carbonyl (C=O) groups excluding carboxylic acids is 1. The minimum atomic E-state index is -0.474. The van der Waals surface area contributed by atoms with Gasteiger partial charge in [-0.3, -0.25) is 4.79 Å². The lowest BCUT2D eigenvalue weighted by Crippen LogP contribution is -2.36. The molecule has 1 aromatic rings. The van der Waals surface area contributed by atoms with Gasteiger partial charge in [0.15, 0.2) is 0 Å². The maximum Gasteiger partial charge on any atom is 0.226 e. The number of carbonyl (C=O) groups is 1. The molecule has 1 rings (SSSR count). The van der Waals surface area contributed by atoms with Gasteiger partial charge in [-0.25, -0.2) is 0 Å². The molecule has 0 radical (unpaired) electrons. The van der Waals surface area contributed by atoms with Crippen molar-refractivity contribution < 1.29 is 4.79 Å². The molecule has 17 heavy (non-hydrogen) atoms. The summed E-state index contributed by atoms with van der Waals surface area (Å²) in [5.41, 5.74) is 9.72. The van der Waals surface area contributed by atoms with E-state index in [0.717, 1.165) is 11.3 Å². The first-order valence-electron chi connectivity index (χ1n) is 5.85. The summed E-state index contributed by atoms with van der Waals surface area (Å²) in [4.78, 5) is 11.8. The standard InChI is InChI=1S/C14H22N2O/c1-9-6-11(3)12(7-10(9)2)16-13(17)8-14(4,5)15/h6-7H,8,15H2,1-5H3,(H,16,17). The van der Waals surface area contributed by atoms with E-state index in [2.05, 4.69) is 18.3 Å². The first kappa shape index (κ1) is 13.7. The van der Waals surface area contributed by atoms with Crippen molar-refractivity contribution in [3.05, 3.63) is 28.8 Å². The fraction of sp³-hybridized carbons (Fsp3) is 0.500. The molecule has 0 atom stereocenters. The molecule has 0 aromatic heterocycles. The van der Waals surface area contributed by atoms with Crippen molar-refractivity contribution in [1.82, 2.24) is 0 Å². The summed E-state index contributed by atoms with van der Waals surface area (Å²) in [5, 5.41) is 2.92. The second kappa shape index (κ2) is 4.88. The molecule has 94 valence electrons. The Morgan fingerprint density at radius 2 is 1.71 bits per heavy atom. The highest BCUT2D eigenvalue weighted by Crippen LogP contribution is 2.20. The van der Waals surface area contributed by atoms with Crippen LogP contribution in [0.15, 0.2) is 12.1 Å². The van der Waals surface area contributed by atoms with Crippen LogP contribution in [0.5, 0.6) is 0 Å². The van der Waals surface area contributed by atoms with Crippen molar-refractivity contribution in [3.63, 3.8) is 0 Å². The van der Waals surface area contributed by atoms with Crippen molar-refractivity contribution in [2.24, 2.45) is 5.73 Å². The van der Waals surface area contributed by atoms with Gasteiger partial charge in [-0.15, -0.1) is 0 Å². The molecule has 0 fully saturated rings. The molecule has 3 heteroatoms. The van der Waals surface area contributed by atoms with Crippen LogP contribution in [-0.4, -0.2) is 11.4 Å². The Morgan fingerprint density at radius 1 is 1.18 bits per heavy atom. The lowest BCUT2D eigenvalue weighted by Gasteiger charge is -2.18. The molecule has 0 aliphatic heterocycles. The molecule has 0 heterocycles. The van der Waals surface area contributed by atoms with Gasteiger partial charge in [-0.05, 0) is 57.4 Å². The number of hydrogen-bond acceptors (Lipinski definition) is 2. The van der Waals surface area contributed by atoms with Crippen LogP contribution in [-0.2, 0) is 4.79 Å². The number of nitrogens with two attached hydrogens (primary N) is 1. The molecule has 1 aromatic carbocycles. The van der Waals surface area contributed by atoms with Crippen LogP contribution in [0.3, 0.4) is 0 Å². The third-order valence-electron chi connectivity index (χ3n) is 2.73. The van der Waals surface area contributed by atoms with Crippen LogP contribution >= 0.6 is 0 Å². The van der Waals surface area contributed by atoms with Crippen molar-refractivity contribution >= 4 is 11.6 Å². The molecule has 3 nitrogen and oxygen atoms in total. The summed E-state index contributed by atoms with van der Waals surface area (Å²) < 4.78 is 0. The zero-order chi connectivity index (χ0) is 13.2. The van der Waals surface area contributed by atoms with Gasteiger partial charge in [0.1, 0.15) is 0 Å². The van der Waals surface area contributed by atoms with Crippen LogP contribution < -0.4 is 11.1 Å². The van der Waals surface area contributed by atoms with Gasteiger partial charge < -0.3 is 11.1 Å². The molecule has 0 aliphatic rings. The summed E-state index contributed by atoms with van der Waals surface area (Å²) >= 11 is 0. The van der Waals surface area contributed by atoms with E-state index in [1.807, 2.05) is 33.8 Å². The molecular formula is C14H22N2O. The summed E-state index contributed by atoms with van der Waals surface area (Å²) in [6.07, 6.45) is 0.319. The highest BCUT2D eigenvalue weighted by molar-refractivity contribution is 5.92. The van der Waals surface area contributed by atoms with Gasteiger partial charge in [0.2, 0.25) is 5.91 Å². The molecule has 0 saturated carbocycles. The first-order valence-corrected chi connectivity index (χ1v) is 5.85. The quantitative estimate of drug-likeness (QED) is 0.844. The topological polar surface area (TPSA) is 55.1 Å². The van der Waals surface area contributed by atoms with Crippen LogP contribution in [0.25, 0.3) is 0 Å². The zero-order valence-electron chi connectivity index (χ0n) is 11.3. The molecule has 0 bridgehead atoms. The lowest BCUT2D eigenvalue weighted by atomic mass is 10.0. The Labute approximate surface area is 103 Å². The van der Waals surface area contributed by atoms with E-state index in [-0.39, 0.29) is 5.91 Å². The number of amides is 1. The van der Waals surface area contributed by atoms with E-state index in [4.69, 9.17) is 5.73 Å².